The van der Waals surface area contributed by atoms with Crippen LogP contribution >= 0.6 is 11.6 Å². The molecule has 142 valence electrons. The Morgan fingerprint density at radius 2 is 1.57 bits per heavy atom. The van der Waals surface area contributed by atoms with Crippen LogP contribution in [0.1, 0.15) is 21.5 Å². The molecule has 0 atom stereocenters. The number of anilines is 1. The van der Waals surface area contributed by atoms with Gasteiger partial charge in [-0.1, -0.05) is 66.2 Å². The van der Waals surface area contributed by atoms with Gasteiger partial charge in [0.2, 0.25) is 0 Å². The molecular weight excluding hydrogens is 370 g/mol. The van der Waals surface area contributed by atoms with E-state index in [1.165, 1.54) is 5.56 Å². The van der Waals surface area contributed by atoms with Crippen molar-refractivity contribution in [3.63, 3.8) is 0 Å². The first-order valence-corrected chi connectivity index (χ1v) is 9.87. The molecule has 4 nitrogen and oxygen atoms in total. The van der Waals surface area contributed by atoms with Crippen molar-refractivity contribution >= 4 is 23.3 Å². The highest BCUT2D eigenvalue weighted by molar-refractivity contribution is 6.29. The predicted molar refractivity (Wildman–Crippen MR) is 113 cm³/mol. The van der Waals surface area contributed by atoms with Gasteiger partial charge in [0.15, 0.2) is 0 Å². The van der Waals surface area contributed by atoms with E-state index < -0.39 is 0 Å². The Kier molecular flexibility index (Phi) is 5.58. The van der Waals surface area contributed by atoms with Gasteiger partial charge < -0.3 is 9.80 Å². The number of piperazine rings is 1. The maximum Gasteiger partial charge on any atom is 0.254 e. The molecule has 1 aliphatic rings. The van der Waals surface area contributed by atoms with Crippen LogP contribution in [-0.4, -0.2) is 42.0 Å². The van der Waals surface area contributed by atoms with Crippen molar-refractivity contribution in [2.24, 2.45) is 0 Å². The molecule has 0 unspecified atom stereocenters. The summed E-state index contributed by atoms with van der Waals surface area (Å²) in [5.41, 5.74) is 3.07. The van der Waals surface area contributed by atoms with Gasteiger partial charge in [0, 0.05) is 31.7 Å². The fourth-order valence-electron chi connectivity index (χ4n) is 3.58. The molecule has 1 fully saturated rings. The number of halogens is 1. The van der Waals surface area contributed by atoms with Crippen LogP contribution in [0.4, 0.5) is 5.82 Å². The number of pyridine rings is 1. The van der Waals surface area contributed by atoms with Crippen LogP contribution < -0.4 is 4.90 Å². The molecule has 0 bridgehead atoms. The summed E-state index contributed by atoms with van der Waals surface area (Å²) in [6, 6.07) is 23.8. The number of carbonyl (C=O) groups excluding carboxylic acids is 1. The third kappa shape index (κ3) is 4.18. The summed E-state index contributed by atoms with van der Waals surface area (Å²) in [6.45, 7) is 2.85. The number of hydrogen-bond donors (Lipinski definition) is 0. The highest BCUT2D eigenvalue weighted by Crippen LogP contribution is 2.20. The van der Waals surface area contributed by atoms with Crippen LogP contribution in [0.5, 0.6) is 0 Å². The van der Waals surface area contributed by atoms with Gasteiger partial charge in [-0.3, -0.25) is 4.79 Å². The van der Waals surface area contributed by atoms with Crippen LogP contribution in [0.3, 0.4) is 0 Å². The molecule has 1 aliphatic heterocycles. The molecule has 0 N–H and O–H groups in total. The lowest BCUT2D eigenvalue weighted by molar-refractivity contribution is 0.0745. The highest BCUT2D eigenvalue weighted by Gasteiger charge is 2.24. The molecule has 0 spiro atoms. The van der Waals surface area contributed by atoms with Crippen LogP contribution in [-0.2, 0) is 6.42 Å². The predicted octanol–water partition coefficient (Wildman–Crippen LogP) is 4.29. The van der Waals surface area contributed by atoms with Crippen molar-refractivity contribution in [3.05, 3.63) is 94.6 Å². The summed E-state index contributed by atoms with van der Waals surface area (Å²) in [7, 11) is 0. The third-order valence-corrected chi connectivity index (χ3v) is 5.29. The van der Waals surface area contributed by atoms with Crippen molar-refractivity contribution in [1.29, 1.82) is 0 Å². The molecule has 0 saturated carbocycles. The van der Waals surface area contributed by atoms with E-state index in [-0.39, 0.29) is 5.91 Å². The van der Waals surface area contributed by atoms with Crippen LogP contribution in [0, 0.1) is 0 Å². The zero-order chi connectivity index (χ0) is 19.3. The largest absolute Gasteiger partial charge is 0.353 e. The fourth-order valence-corrected chi connectivity index (χ4v) is 3.74. The summed E-state index contributed by atoms with van der Waals surface area (Å²) >= 11 is 6.00. The van der Waals surface area contributed by atoms with E-state index in [4.69, 9.17) is 11.6 Å². The first-order valence-electron chi connectivity index (χ1n) is 9.49. The average molecular weight is 392 g/mol. The first-order chi connectivity index (χ1) is 13.7. The Morgan fingerprint density at radius 3 is 2.32 bits per heavy atom. The Hall–Kier alpha value is -2.85. The minimum atomic E-state index is 0.102. The summed E-state index contributed by atoms with van der Waals surface area (Å²) in [5, 5.41) is 0.492. The molecular formula is C23H22ClN3O. The highest BCUT2D eigenvalue weighted by atomic mass is 35.5. The van der Waals surface area contributed by atoms with Gasteiger partial charge in [0.1, 0.15) is 11.0 Å². The van der Waals surface area contributed by atoms with Crippen molar-refractivity contribution in [1.82, 2.24) is 9.88 Å². The average Bonchev–Trinajstić information content (AvgIpc) is 2.74. The fraction of sp³-hybridized carbons (Fsp3) is 0.217. The topological polar surface area (TPSA) is 36.4 Å². The van der Waals surface area contributed by atoms with E-state index in [0.717, 1.165) is 36.5 Å². The number of hydrogen-bond acceptors (Lipinski definition) is 3. The van der Waals surface area contributed by atoms with Crippen molar-refractivity contribution in [2.45, 2.75) is 6.42 Å². The minimum Gasteiger partial charge on any atom is -0.353 e. The number of amides is 1. The maximum atomic E-state index is 13.2. The Labute approximate surface area is 170 Å². The monoisotopic (exact) mass is 391 g/mol. The van der Waals surface area contributed by atoms with Crippen LogP contribution in [0.2, 0.25) is 5.15 Å². The molecule has 5 heteroatoms. The summed E-state index contributed by atoms with van der Waals surface area (Å²) in [5.74, 6) is 0.967. The Morgan fingerprint density at radius 1 is 0.857 bits per heavy atom. The van der Waals surface area contributed by atoms with E-state index in [1.54, 1.807) is 6.07 Å². The Balaban J connectivity index is 1.46. The second kappa shape index (κ2) is 8.44. The number of benzene rings is 2. The summed E-state index contributed by atoms with van der Waals surface area (Å²) < 4.78 is 0. The molecule has 0 aliphatic carbocycles. The van der Waals surface area contributed by atoms with E-state index in [0.29, 0.717) is 18.2 Å². The lowest BCUT2D eigenvalue weighted by Crippen LogP contribution is -2.49. The van der Waals surface area contributed by atoms with E-state index in [2.05, 4.69) is 22.0 Å². The van der Waals surface area contributed by atoms with E-state index >= 15 is 0 Å². The first kappa shape index (κ1) is 18.5. The SMILES string of the molecule is O=C(c1ccccc1Cc1ccccc1)N1CCN(c2cccc(Cl)n2)CC1. The number of carbonyl (C=O) groups is 1. The molecule has 3 aromatic rings. The molecule has 1 aromatic heterocycles. The van der Waals surface area contributed by atoms with Gasteiger partial charge in [0.05, 0.1) is 0 Å². The van der Waals surface area contributed by atoms with E-state index in [9.17, 15) is 4.79 Å². The van der Waals surface area contributed by atoms with Crippen molar-refractivity contribution in [3.8, 4) is 0 Å². The van der Waals surface area contributed by atoms with Crippen LogP contribution in [0.15, 0.2) is 72.8 Å². The zero-order valence-corrected chi connectivity index (χ0v) is 16.3. The second-order valence-electron chi connectivity index (χ2n) is 6.92. The molecule has 1 amide bonds. The van der Waals surface area contributed by atoms with Gasteiger partial charge >= 0.3 is 0 Å². The number of aromatic nitrogens is 1. The number of nitrogens with zero attached hydrogens (tertiary/aromatic N) is 3. The van der Waals surface area contributed by atoms with Crippen molar-refractivity contribution < 1.29 is 4.79 Å². The number of rotatable bonds is 4. The van der Waals surface area contributed by atoms with Gasteiger partial charge in [0.25, 0.3) is 5.91 Å². The molecule has 2 heterocycles. The van der Waals surface area contributed by atoms with Gasteiger partial charge in [-0.25, -0.2) is 4.98 Å². The zero-order valence-electron chi connectivity index (χ0n) is 15.6. The van der Waals surface area contributed by atoms with Crippen molar-refractivity contribution in [2.75, 3.05) is 31.1 Å². The second-order valence-corrected chi connectivity index (χ2v) is 7.30. The quantitative estimate of drug-likeness (QED) is 0.622. The van der Waals surface area contributed by atoms with Gasteiger partial charge in [-0.05, 0) is 35.7 Å². The lowest BCUT2D eigenvalue weighted by atomic mass is 9.99. The maximum absolute atomic E-state index is 13.2. The molecule has 28 heavy (non-hydrogen) atoms. The standard InChI is InChI=1S/C23H22ClN3O/c24-21-11-6-12-22(25-21)26-13-15-27(16-14-26)23(28)20-10-5-4-9-19(20)17-18-7-2-1-3-8-18/h1-12H,13-17H2. The summed E-state index contributed by atoms with van der Waals surface area (Å²) in [6.07, 6.45) is 0.759. The van der Waals surface area contributed by atoms with Gasteiger partial charge in [-0.15, -0.1) is 0 Å². The molecule has 4 rings (SSSR count). The van der Waals surface area contributed by atoms with E-state index in [1.807, 2.05) is 59.5 Å². The van der Waals surface area contributed by atoms with Crippen LogP contribution in [0.25, 0.3) is 0 Å². The van der Waals surface area contributed by atoms with Gasteiger partial charge in [-0.2, -0.15) is 0 Å². The molecule has 2 aromatic carbocycles. The lowest BCUT2D eigenvalue weighted by Gasteiger charge is -2.35. The normalized spacial score (nSPS) is 14.2. The minimum absolute atomic E-state index is 0.102. The Bertz CT molecular complexity index is 953. The summed E-state index contributed by atoms with van der Waals surface area (Å²) in [4.78, 5) is 21.7. The molecule has 0 radical (unpaired) electrons. The smallest absolute Gasteiger partial charge is 0.254 e. The molecule has 1 saturated heterocycles. The third-order valence-electron chi connectivity index (χ3n) is 5.08.